The van der Waals surface area contributed by atoms with Gasteiger partial charge in [-0.15, -0.1) is 0 Å². The standard InChI is InChI=1S/C20H32N4O2/c1-20(2,3)23-17(25)14-24(5)19(21-4)22-13-16-11-12-26-18(16)15-9-7-6-8-10-15/h6-10,16,18H,11-14H2,1-5H3,(H,21,22)(H,23,25). The zero-order valence-electron chi connectivity index (χ0n) is 16.6. The van der Waals surface area contributed by atoms with Crippen LogP contribution >= 0.6 is 0 Å². The fraction of sp³-hybridized carbons (Fsp3) is 0.600. The third kappa shape index (κ3) is 6.02. The normalized spacial score (nSPS) is 20.7. The van der Waals surface area contributed by atoms with E-state index in [0.29, 0.717) is 11.9 Å². The van der Waals surface area contributed by atoms with Crippen molar-refractivity contribution < 1.29 is 9.53 Å². The molecule has 1 saturated heterocycles. The molecule has 1 aliphatic heterocycles. The molecule has 2 rings (SSSR count). The number of ether oxygens (including phenoxy) is 1. The lowest BCUT2D eigenvalue weighted by molar-refractivity contribution is -0.122. The first kappa shape index (κ1) is 20.2. The molecule has 6 heteroatoms. The molecule has 26 heavy (non-hydrogen) atoms. The molecule has 0 radical (unpaired) electrons. The molecule has 1 aromatic carbocycles. The van der Waals surface area contributed by atoms with Crippen molar-refractivity contribution in [2.24, 2.45) is 10.9 Å². The second kappa shape index (κ2) is 9.03. The van der Waals surface area contributed by atoms with Gasteiger partial charge >= 0.3 is 0 Å². The summed E-state index contributed by atoms with van der Waals surface area (Å²) in [5.41, 5.74) is 0.976. The van der Waals surface area contributed by atoms with Gasteiger partial charge in [0.2, 0.25) is 5.91 Å². The largest absolute Gasteiger partial charge is 0.373 e. The molecule has 2 N–H and O–H groups in total. The molecule has 1 aliphatic rings. The Hall–Kier alpha value is -2.08. The molecule has 1 aromatic rings. The monoisotopic (exact) mass is 360 g/mol. The Bertz CT molecular complexity index is 610. The minimum Gasteiger partial charge on any atom is -0.373 e. The summed E-state index contributed by atoms with van der Waals surface area (Å²) < 4.78 is 5.94. The number of nitrogens with zero attached hydrogens (tertiary/aromatic N) is 2. The van der Waals surface area contributed by atoms with Crippen LogP contribution < -0.4 is 10.6 Å². The molecule has 1 heterocycles. The Morgan fingerprint density at radius 1 is 1.31 bits per heavy atom. The van der Waals surface area contributed by atoms with Crippen LogP contribution in [0.3, 0.4) is 0 Å². The summed E-state index contributed by atoms with van der Waals surface area (Å²) in [6.45, 7) is 7.72. The fourth-order valence-corrected chi connectivity index (χ4v) is 3.21. The van der Waals surface area contributed by atoms with Gasteiger partial charge in [-0.1, -0.05) is 30.3 Å². The number of rotatable bonds is 5. The number of hydrogen-bond donors (Lipinski definition) is 2. The lowest BCUT2D eigenvalue weighted by atomic mass is 9.95. The minimum absolute atomic E-state index is 0.0192. The molecule has 0 aliphatic carbocycles. The first-order valence-electron chi connectivity index (χ1n) is 9.19. The topological polar surface area (TPSA) is 66.0 Å². The van der Waals surface area contributed by atoms with E-state index >= 15 is 0 Å². The van der Waals surface area contributed by atoms with E-state index in [0.717, 1.165) is 19.6 Å². The molecule has 1 fully saturated rings. The molecule has 0 bridgehead atoms. The Morgan fingerprint density at radius 3 is 2.62 bits per heavy atom. The van der Waals surface area contributed by atoms with Gasteiger partial charge in [0.25, 0.3) is 0 Å². The highest BCUT2D eigenvalue weighted by Gasteiger charge is 2.29. The van der Waals surface area contributed by atoms with Gasteiger partial charge in [0, 0.05) is 38.7 Å². The van der Waals surface area contributed by atoms with Gasteiger partial charge in [0.05, 0.1) is 12.6 Å². The van der Waals surface area contributed by atoms with Crippen LogP contribution in [0.5, 0.6) is 0 Å². The number of likely N-dealkylation sites (N-methyl/N-ethyl adjacent to an activating group) is 1. The van der Waals surface area contributed by atoms with Crippen molar-refractivity contribution in [1.29, 1.82) is 0 Å². The highest BCUT2D eigenvalue weighted by atomic mass is 16.5. The number of nitrogens with one attached hydrogen (secondary N) is 2. The smallest absolute Gasteiger partial charge is 0.240 e. The van der Waals surface area contributed by atoms with E-state index in [1.165, 1.54) is 5.56 Å². The Labute approximate surface area is 157 Å². The number of aliphatic imine (C=N–C) groups is 1. The number of carbonyl (C=O) groups excluding carboxylic acids is 1. The summed E-state index contributed by atoms with van der Waals surface area (Å²) in [5, 5.41) is 6.37. The Morgan fingerprint density at radius 2 is 2.00 bits per heavy atom. The number of guanidine groups is 1. The maximum absolute atomic E-state index is 12.1. The molecule has 0 saturated carbocycles. The van der Waals surface area contributed by atoms with E-state index in [9.17, 15) is 4.79 Å². The molecule has 6 nitrogen and oxygen atoms in total. The van der Waals surface area contributed by atoms with Crippen molar-refractivity contribution in [2.45, 2.75) is 38.8 Å². The first-order valence-corrected chi connectivity index (χ1v) is 9.19. The van der Waals surface area contributed by atoms with Crippen molar-refractivity contribution in [1.82, 2.24) is 15.5 Å². The van der Waals surface area contributed by atoms with Crippen LogP contribution in [0, 0.1) is 5.92 Å². The maximum atomic E-state index is 12.1. The highest BCUT2D eigenvalue weighted by molar-refractivity contribution is 5.86. The lowest BCUT2D eigenvalue weighted by Crippen LogP contribution is -2.49. The summed E-state index contributed by atoms with van der Waals surface area (Å²) in [6.07, 6.45) is 1.12. The molecule has 2 atom stereocenters. The van der Waals surface area contributed by atoms with Gasteiger partial charge in [0.15, 0.2) is 5.96 Å². The van der Waals surface area contributed by atoms with Crippen LogP contribution in [-0.4, -0.2) is 56.1 Å². The molecule has 144 valence electrons. The van der Waals surface area contributed by atoms with Gasteiger partial charge in [-0.25, -0.2) is 0 Å². The lowest BCUT2D eigenvalue weighted by Gasteiger charge is -2.27. The first-order chi connectivity index (χ1) is 12.3. The van der Waals surface area contributed by atoms with Crippen molar-refractivity contribution >= 4 is 11.9 Å². The zero-order chi connectivity index (χ0) is 19.2. The van der Waals surface area contributed by atoms with Gasteiger partial charge in [-0.2, -0.15) is 0 Å². The van der Waals surface area contributed by atoms with Crippen LogP contribution in [0.2, 0.25) is 0 Å². The van der Waals surface area contributed by atoms with E-state index in [-0.39, 0.29) is 24.1 Å². The van der Waals surface area contributed by atoms with Crippen molar-refractivity contribution in [2.75, 3.05) is 33.8 Å². The van der Waals surface area contributed by atoms with Crippen molar-refractivity contribution in [3.8, 4) is 0 Å². The Balaban J connectivity index is 1.89. The summed E-state index contributed by atoms with van der Waals surface area (Å²) in [4.78, 5) is 18.3. The molecule has 1 amide bonds. The van der Waals surface area contributed by atoms with E-state index in [2.05, 4.69) is 27.8 Å². The van der Waals surface area contributed by atoms with E-state index in [1.807, 2.05) is 50.9 Å². The average molecular weight is 361 g/mol. The average Bonchev–Trinajstić information content (AvgIpc) is 3.03. The molecule has 0 aromatic heterocycles. The third-order valence-corrected chi connectivity index (χ3v) is 4.33. The van der Waals surface area contributed by atoms with Gasteiger partial charge in [0.1, 0.15) is 0 Å². The fourth-order valence-electron chi connectivity index (χ4n) is 3.21. The van der Waals surface area contributed by atoms with Crippen molar-refractivity contribution in [3.63, 3.8) is 0 Å². The van der Waals surface area contributed by atoms with Crippen LogP contribution in [0.1, 0.15) is 38.9 Å². The number of benzene rings is 1. The Kier molecular flexibility index (Phi) is 7.03. The minimum atomic E-state index is -0.237. The maximum Gasteiger partial charge on any atom is 0.240 e. The number of amides is 1. The van der Waals surface area contributed by atoms with Crippen molar-refractivity contribution in [3.05, 3.63) is 35.9 Å². The summed E-state index contributed by atoms with van der Waals surface area (Å²) >= 11 is 0. The van der Waals surface area contributed by atoms with E-state index in [1.54, 1.807) is 7.05 Å². The van der Waals surface area contributed by atoms with Gasteiger partial charge < -0.3 is 20.3 Å². The SMILES string of the molecule is CN=C(NCC1CCOC1c1ccccc1)N(C)CC(=O)NC(C)(C)C. The molecular formula is C20H32N4O2. The van der Waals surface area contributed by atoms with Crippen LogP contribution in [-0.2, 0) is 9.53 Å². The summed E-state index contributed by atoms with van der Waals surface area (Å²) in [7, 11) is 3.61. The van der Waals surface area contributed by atoms with Crippen LogP contribution in [0.4, 0.5) is 0 Å². The highest BCUT2D eigenvalue weighted by Crippen LogP contribution is 2.33. The second-order valence-electron chi connectivity index (χ2n) is 7.83. The van der Waals surface area contributed by atoms with Crippen LogP contribution in [0.15, 0.2) is 35.3 Å². The zero-order valence-corrected chi connectivity index (χ0v) is 16.6. The van der Waals surface area contributed by atoms with Crippen LogP contribution in [0.25, 0.3) is 0 Å². The molecule has 0 spiro atoms. The summed E-state index contributed by atoms with van der Waals surface area (Å²) in [6, 6.07) is 10.3. The molecule has 2 unspecified atom stereocenters. The number of carbonyl (C=O) groups is 1. The quantitative estimate of drug-likeness (QED) is 0.624. The predicted molar refractivity (Wildman–Crippen MR) is 105 cm³/mol. The summed E-state index contributed by atoms with van der Waals surface area (Å²) in [5.74, 6) is 1.08. The van der Waals surface area contributed by atoms with Gasteiger partial charge in [-0.3, -0.25) is 9.79 Å². The molecular weight excluding hydrogens is 328 g/mol. The van der Waals surface area contributed by atoms with E-state index < -0.39 is 0 Å². The third-order valence-electron chi connectivity index (χ3n) is 4.33. The second-order valence-corrected chi connectivity index (χ2v) is 7.83. The van der Waals surface area contributed by atoms with Gasteiger partial charge in [-0.05, 0) is 32.8 Å². The predicted octanol–water partition coefficient (Wildman–Crippen LogP) is 2.19. The number of hydrogen-bond acceptors (Lipinski definition) is 3. The van der Waals surface area contributed by atoms with E-state index in [4.69, 9.17) is 4.74 Å².